The fraction of sp³-hybridized carbons (Fsp3) is 0.409. The minimum atomic E-state index is 0.636. The second-order valence-electron chi connectivity index (χ2n) is 7.49. The number of anilines is 1. The van der Waals surface area contributed by atoms with Crippen LogP contribution < -0.4 is 10.5 Å². The normalized spacial score (nSPS) is 16.1. The van der Waals surface area contributed by atoms with Crippen LogP contribution in [0.3, 0.4) is 0 Å². The molecule has 5 heteroatoms. The van der Waals surface area contributed by atoms with E-state index in [9.17, 15) is 0 Å². The van der Waals surface area contributed by atoms with Crippen LogP contribution in [0.2, 0.25) is 0 Å². The molecule has 5 nitrogen and oxygen atoms in total. The van der Waals surface area contributed by atoms with E-state index in [0.717, 1.165) is 53.9 Å². The average molecular weight is 364 g/mol. The molecule has 0 amide bonds. The first-order valence-corrected chi connectivity index (χ1v) is 9.86. The predicted molar refractivity (Wildman–Crippen MR) is 110 cm³/mol. The van der Waals surface area contributed by atoms with Crippen LogP contribution in [0.4, 0.5) is 5.69 Å². The van der Waals surface area contributed by atoms with Crippen LogP contribution in [-0.4, -0.2) is 34.0 Å². The summed E-state index contributed by atoms with van der Waals surface area (Å²) in [5.74, 6) is 1.70. The molecule has 2 N–H and O–H groups in total. The van der Waals surface area contributed by atoms with Crippen LogP contribution in [0.5, 0.6) is 5.75 Å². The SMILES string of the molecule is CCOc1ccccc1-c1nc2ccc(N)cn2c1CN1CCC(C)CC1. The van der Waals surface area contributed by atoms with E-state index in [4.69, 9.17) is 15.5 Å². The molecule has 3 heterocycles. The molecular weight excluding hydrogens is 336 g/mol. The molecule has 3 aromatic rings. The Morgan fingerprint density at radius 3 is 2.70 bits per heavy atom. The average Bonchev–Trinajstić information content (AvgIpc) is 3.02. The summed E-state index contributed by atoms with van der Waals surface area (Å²) in [7, 11) is 0. The number of nitrogens with two attached hydrogens (primary N) is 1. The number of fused-ring (bicyclic) bond motifs is 1. The summed E-state index contributed by atoms with van der Waals surface area (Å²) in [5.41, 5.74) is 11.0. The lowest BCUT2D eigenvalue weighted by Crippen LogP contribution is -2.32. The molecule has 1 fully saturated rings. The molecule has 0 unspecified atom stereocenters. The van der Waals surface area contributed by atoms with E-state index in [1.54, 1.807) is 0 Å². The zero-order valence-electron chi connectivity index (χ0n) is 16.2. The maximum absolute atomic E-state index is 6.08. The summed E-state index contributed by atoms with van der Waals surface area (Å²) >= 11 is 0. The quantitative estimate of drug-likeness (QED) is 0.737. The van der Waals surface area contributed by atoms with Gasteiger partial charge in [-0.25, -0.2) is 4.98 Å². The van der Waals surface area contributed by atoms with Crippen molar-refractivity contribution in [1.29, 1.82) is 0 Å². The molecule has 1 saturated heterocycles. The Bertz CT molecular complexity index is 925. The van der Waals surface area contributed by atoms with Gasteiger partial charge in [-0.15, -0.1) is 0 Å². The first-order valence-electron chi connectivity index (χ1n) is 9.86. The third kappa shape index (κ3) is 3.65. The van der Waals surface area contributed by atoms with Gasteiger partial charge >= 0.3 is 0 Å². The predicted octanol–water partition coefficient (Wildman–Crippen LogP) is 4.21. The number of piperidine rings is 1. The van der Waals surface area contributed by atoms with Gasteiger partial charge in [0.15, 0.2) is 0 Å². The molecule has 0 spiro atoms. The Kier molecular flexibility index (Phi) is 5.03. The molecule has 4 rings (SSSR count). The lowest BCUT2D eigenvalue weighted by molar-refractivity contribution is 0.183. The minimum Gasteiger partial charge on any atom is -0.493 e. The fourth-order valence-electron chi connectivity index (χ4n) is 3.85. The van der Waals surface area contributed by atoms with E-state index in [1.165, 1.54) is 18.5 Å². The van der Waals surface area contributed by atoms with Crippen LogP contribution in [0.15, 0.2) is 42.6 Å². The van der Waals surface area contributed by atoms with Gasteiger partial charge in [0.2, 0.25) is 0 Å². The summed E-state index contributed by atoms with van der Waals surface area (Å²) in [6.07, 6.45) is 4.49. The van der Waals surface area contributed by atoms with Crippen molar-refractivity contribution in [3.63, 3.8) is 0 Å². The maximum Gasteiger partial charge on any atom is 0.137 e. The van der Waals surface area contributed by atoms with Gasteiger partial charge in [0.25, 0.3) is 0 Å². The van der Waals surface area contributed by atoms with Crippen molar-refractivity contribution in [3.8, 4) is 17.0 Å². The third-order valence-corrected chi connectivity index (χ3v) is 5.43. The molecule has 0 radical (unpaired) electrons. The second-order valence-corrected chi connectivity index (χ2v) is 7.49. The number of rotatable bonds is 5. The molecule has 1 aliphatic heterocycles. The number of hydrogen-bond acceptors (Lipinski definition) is 4. The van der Waals surface area contributed by atoms with Crippen molar-refractivity contribution >= 4 is 11.3 Å². The third-order valence-electron chi connectivity index (χ3n) is 5.43. The number of aromatic nitrogens is 2. The van der Waals surface area contributed by atoms with Crippen molar-refractivity contribution in [3.05, 3.63) is 48.3 Å². The van der Waals surface area contributed by atoms with Crippen molar-refractivity contribution in [2.24, 2.45) is 5.92 Å². The van der Waals surface area contributed by atoms with Gasteiger partial charge in [-0.05, 0) is 63.0 Å². The van der Waals surface area contributed by atoms with Crippen molar-refractivity contribution in [2.75, 3.05) is 25.4 Å². The van der Waals surface area contributed by atoms with E-state index >= 15 is 0 Å². The highest BCUT2D eigenvalue weighted by Crippen LogP contribution is 2.34. The molecular formula is C22H28N4O. The highest BCUT2D eigenvalue weighted by molar-refractivity contribution is 5.72. The van der Waals surface area contributed by atoms with Crippen LogP contribution in [0.25, 0.3) is 16.9 Å². The Labute approximate surface area is 160 Å². The van der Waals surface area contributed by atoms with Crippen molar-refractivity contribution in [2.45, 2.75) is 33.2 Å². The van der Waals surface area contributed by atoms with E-state index in [0.29, 0.717) is 6.61 Å². The maximum atomic E-state index is 6.08. The smallest absolute Gasteiger partial charge is 0.137 e. The highest BCUT2D eigenvalue weighted by Gasteiger charge is 2.22. The number of hydrogen-bond donors (Lipinski definition) is 1. The van der Waals surface area contributed by atoms with Crippen molar-refractivity contribution < 1.29 is 4.74 Å². The summed E-state index contributed by atoms with van der Waals surface area (Å²) in [4.78, 5) is 7.48. The van der Waals surface area contributed by atoms with E-state index in [2.05, 4.69) is 22.3 Å². The highest BCUT2D eigenvalue weighted by atomic mass is 16.5. The standard InChI is InChI=1S/C22H28N4O/c1-3-27-20-7-5-4-6-18(20)22-19(15-25-12-10-16(2)11-13-25)26-14-17(23)8-9-21(26)24-22/h4-9,14,16H,3,10-13,15,23H2,1-2H3. The van der Waals surface area contributed by atoms with Gasteiger partial charge in [-0.2, -0.15) is 0 Å². The Balaban J connectivity index is 1.80. The largest absolute Gasteiger partial charge is 0.493 e. The molecule has 0 aliphatic carbocycles. The summed E-state index contributed by atoms with van der Waals surface area (Å²) < 4.78 is 8.03. The van der Waals surface area contributed by atoms with Gasteiger partial charge in [-0.3, -0.25) is 4.90 Å². The zero-order valence-corrected chi connectivity index (χ0v) is 16.2. The molecule has 0 saturated carbocycles. The number of likely N-dealkylation sites (tertiary alicyclic amines) is 1. The van der Waals surface area contributed by atoms with E-state index in [1.807, 2.05) is 43.5 Å². The Hall–Kier alpha value is -2.53. The lowest BCUT2D eigenvalue weighted by atomic mass is 9.99. The first kappa shape index (κ1) is 17.9. The number of ether oxygens (including phenoxy) is 1. The van der Waals surface area contributed by atoms with Crippen LogP contribution in [0, 0.1) is 5.92 Å². The number of benzene rings is 1. The van der Waals surface area contributed by atoms with E-state index < -0.39 is 0 Å². The Morgan fingerprint density at radius 1 is 1.15 bits per heavy atom. The fourth-order valence-corrected chi connectivity index (χ4v) is 3.85. The minimum absolute atomic E-state index is 0.636. The molecule has 0 bridgehead atoms. The second kappa shape index (κ2) is 7.61. The van der Waals surface area contributed by atoms with Gasteiger partial charge < -0.3 is 14.9 Å². The van der Waals surface area contributed by atoms with Gasteiger partial charge in [0, 0.05) is 24.0 Å². The number of para-hydroxylation sites is 1. The molecule has 27 heavy (non-hydrogen) atoms. The van der Waals surface area contributed by atoms with Crippen LogP contribution in [0.1, 0.15) is 32.4 Å². The topological polar surface area (TPSA) is 55.8 Å². The number of pyridine rings is 1. The first-order chi connectivity index (χ1) is 13.2. The van der Waals surface area contributed by atoms with Gasteiger partial charge in [0.1, 0.15) is 11.4 Å². The number of nitrogens with zero attached hydrogens (tertiary/aromatic N) is 3. The van der Waals surface area contributed by atoms with Crippen LogP contribution in [-0.2, 0) is 6.54 Å². The molecule has 0 atom stereocenters. The zero-order chi connectivity index (χ0) is 18.8. The molecule has 142 valence electrons. The van der Waals surface area contributed by atoms with Gasteiger partial charge in [-0.1, -0.05) is 19.1 Å². The Morgan fingerprint density at radius 2 is 1.93 bits per heavy atom. The monoisotopic (exact) mass is 364 g/mol. The summed E-state index contributed by atoms with van der Waals surface area (Å²) in [6.45, 7) is 8.11. The van der Waals surface area contributed by atoms with Crippen LogP contribution >= 0.6 is 0 Å². The number of nitrogen functional groups attached to an aromatic ring is 1. The van der Waals surface area contributed by atoms with Gasteiger partial charge in [0.05, 0.1) is 18.0 Å². The number of imidazole rings is 1. The summed E-state index contributed by atoms with van der Waals surface area (Å²) in [6, 6.07) is 12.1. The molecule has 1 aliphatic rings. The molecule has 1 aromatic carbocycles. The lowest BCUT2D eigenvalue weighted by Gasteiger charge is -2.30. The van der Waals surface area contributed by atoms with Crippen molar-refractivity contribution in [1.82, 2.24) is 14.3 Å². The summed E-state index contributed by atoms with van der Waals surface area (Å²) in [5, 5.41) is 0. The molecule has 2 aromatic heterocycles. The van der Waals surface area contributed by atoms with E-state index in [-0.39, 0.29) is 0 Å².